The predicted molar refractivity (Wildman–Crippen MR) is 172 cm³/mol. The first kappa shape index (κ1) is 29.7. The Morgan fingerprint density at radius 1 is 0.930 bits per heavy atom. The lowest BCUT2D eigenvalue weighted by atomic mass is 9.88. The number of nitrogens with zero attached hydrogens (tertiary/aromatic N) is 5. The van der Waals surface area contributed by atoms with Crippen LogP contribution >= 0.6 is 0 Å². The molecule has 9 heteroatoms. The molecule has 4 fully saturated rings. The second kappa shape index (κ2) is 13.1. The molecule has 6 rings (SSSR count). The van der Waals surface area contributed by atoms with E-state index in [0.717, 1.165) is 74.8 Å². The number of aromatic nitrogens is 1. The van der Waals surface area contributed by atoms with Crippen LogP contribution in [0, 0.1) is 0 Å². The van der Waals surface area contributed by atoms with Gasteiger partial charge in [-0.3, -0.25) is 4.79 Å². The zero-order valence-electron chi connectivity index (χ0n) is 26.1. The Hall–Kier alpha value is -3.33. The van der Waals surface area contributed by atoms with Crippen LogP contribution in [0.2, 0.25) is 0 Å². The van der Waals surface area contributed by atoms with Crippen molar-refractivity contribution >= 4 is 29.0 Å². The highest BCUT2D eigenvalue weighted by atomic mass is 16.2. The lowest BCUT2D eigenvalue weighted by Gasteiger charge is -2.44. The molecule has 232 valence electrons. The van der Waals surface area contributed by atoms with Gasteiger partial charge in [0.1, 0.15) is 0 Å². The van der Waals surface area contributed by atoms with E-state index in [1.807, 2.05) is 16.8 Å². The lowest BCUT2D eigenvalue weighted by Crippen LogP contribution is -2.56. The molecule has 1 atom stereocenters. The topological polar surface area (TPSA) is 98.0 Å². The highest BCUT2D eigenvalue weighted by Gasteiger charge is 2.34. The summed E-state index contributed by atoms with van der Waals surface area (Å²) < 4.78 is 0. The molecule has 9 nitrogen and oxygen atoms in total. The lowest BCUT2D eigenvalue weighted by molar-refractivity contribution is 0.0996. The average molecular weight is 588 g/mol. The highest BCUT2D eigenvalue weighted by molar-refractivity contribution is 5.99. The van der Waals surface area contributed by atoms with Crippen molar-refractivity contribution in [2.24, 2.45) is 5.73 Å². The van der Waals surface area contributed by atoms with Crippen LogP contribution in [0.3, 0.4) is 0 Å². The van der Waals surface area contributed by atoms with Crippen molar-refractivity contribution < 1.29 is 9.59 Å². The van der Waals surface area contributed by atoms with E-state index in [9.17, 15) is 9.59 Å². The van der Waals surface area contributed by atoms with Crippen molar-refractivity contribution in [1.29, 1.82) is 0 Å². The second-order valence-electron chi connectivity index (χ2n) is 13.1. The van der Waals surface area contributed by atoms with Crippen LogP contribution in [0.4, 0.5) is 21.9 Å². The molecule has 3 N–H and O–H groups in total. The number of hydrogen-bond donors (Lipinski definition) is 2. The monoisotopic (exact) mass is 587 g/mol. The number of piperidine rings is 2. The molecule has 1 aromatic carbocycles. The Morgan fingerprint density at radius 3 is 2.35 bits per heavy atom. The summed E-state index contributed by atoms with van der Waals surface area (Å²) in [6.07, 6.45) is 13.5. The van der Waals surface area contributed by atoms with Crippen molar-refractivity contribution in [2.75, 3.05) is 56.5 Å². The molecule has 43 heavy (non-hydrogen) atoms. The van der Waals surface area contributed by atoms with Gasteiger partial charge in [-0.15, -0.1) is 0 Å². The number of carbonyl (C=O) groups excluding carboxylic acids is 2. The SMILES string of the molecule is CCc1c(N2CCCC(N3CCCN(C)C3=O)C2)cnc(C(N)=O)c1Nc1ccc(C2CCN(C3CCCC3)CC2)cc1. The Morgan fingerprint density at radius 2 is 1.65 bits per heavy atom. The van der Waals surface area contributed by atoms with Crippen LogP contribution in [0.1, 0.15) is 92.2 Å². The Labute approximate surface area is 256 Å². The summed E-state index contributed by atoms with van der Waals surface area (Å²) in [6, 6.07) is 9.85. The number of amides is 3. The van der Waals surface area contributed by atoms with Gasteiger partial charge >= 0.3 is 6.03 Å². The molecule has 1 aromatic heterocycles. The summed E-state index contributed by atoms with van der Waals surface area (Å²) in [5, 5.41) is 3.55. The molecular formula is C34H49N7O2. The van der Waals surface area contributed by atoms with E-state index in [0.29, 0.717) is 11.6 Å². The van der Waals surface area contributed by atoms with Gasteiger partial charge < -0.3 is 30.7 Å². The van der Waals surface area contributed by atoms with Crippen molar-refractivity contribution in [1.82, 2.24) is 19.7 Å². The summed E-state index contributed by atoms with van der Waals surface area (Å²) in [4.78, 5) is 39.0. The Kier molecular flexibility index (Phi) is 9.07. The first-order chi connectivity index (χ1) is 20.9. The number of rotatable bonds is 8. The summed E-state index contributed by atoms with van der Waals surface area (Å²) >= 11 is 0. The van der Waals surface area contributed by atoms with E-state index in [2.05, 4.69) is 51.3 Å². The van der Waals surface area contributed by atoms with Gasteiger partial charge in [0.15, 0.2) is 5.69 Å². The molecule has 3 saturated heterocycles. The van der Waals surface area contributed by atoms with E-state index in [1.54, 1.807) is 6.20 Å². The molecule has 2 aromatic rings. The number of anilines is 3. The maximum absolute atomic E-state index is 12.9. The first-order valence-corrected chi connectivity index (χ1v) is 16.6. The zero-order chi connectivity index (χ0) is 29.9. The van der Waals surface area contributed by atoms with Gasteiger partial charge in [-0.05, 0) is 88.1 Å². The fourth-order valence-corrected chi connectivity index (χ4v) is 8.00. The van der Waals surface area contributed by atoms with Crippen LogP contribution in [0.5, 0.6) is 0 Å². The van der Waals surface area contributed by atoms with Gasteiger partial charge in [-0.2, -0.15) is 0 Å². The third kappa shape index (κ3) is 6.33. The number of nitrogens with one attached hydrogen (secondary N) is 1. The van der Waals surface area contributed by atoms with Gasteiger partial charge in [0.2, 0.25) is 0 Å². The third-order valence-corrected chi connectivity index (χ3v) is 10.4. The molecule has 1 unspecified atom stereocenters. The molecule has 0 spiro atoms. The number of pyridine rings is 1. The maximum atomic E-state index is 12.9. The summed E-state index contributed by atoms with van der Waals surface area (Å²) in [6.45, 7) is 7.81. The van der Waals surface area contributed by atoms with Crippen molar-refractivity contribution in [2.45, 2.75) is 89.1 Å². The summed E-state index contributed by atoms with van der Waals surface area (Å²) in [5.41, 5.74) is 11.2. The smallest absolute Gasteiger partial charge is 0.320 e. The molecule has 1 aliphatic carbocycles. The van der Waals surface area contributed by atoms with E-state index >= 15 is 0 Å². The predicted octanol–water partition coefficient (Wildman–Crippen LogP) is 5.33. The molecule has 0 bridgehead atoms. The summed E-state index contributed by atoms with van der Waals surface area (Å²) in [5.74, 6) is 0.0653. The first-order valence-electron chi connectivity index (χ1n) is 16.6. The van der Waals surface area contributed by atoms with Crippen molar-refractivity contribution in [3.05, 3.63) is 47.3 Å². The number of likely N-dealkylation sites (tertiary alicyclic amines) is 1. The molecule has 4 heterocycles. The number of hydrogen-bond acceptors (Lipinski definition) is 6. The molecular weight excluding hydrogens is 538 g/mol. The Balaban J connectivity index is 1.18. The largest absolute Gasteiger partial charge is 0.368 e. The number of benzene rings is 1. The standard InChI is InChI=1S/C34H49N7O2/c1-3-29-30(40-18-6-10-28(23-40)41-19-7-17-38(2)34(41)43)22-36-32(33(35)42)31(29)37-26-13-11-24(12-14-26)25-15-20-39(21-16-25)27-8-4-5-9-27/h11-14,22,25,27-28,37H,3-10,15-21,23H2,1-2H3,(H2,35,42). The van der Waals surface area contributed by atoms with Crippen LogP contribution in [0.25, 0.3) is 0 Å². The van der Waals surface area contributed by atoms with E-state index < -0.39 is 5.91 Å². The van der Waals surface area contributed by atoms with Crippen LogP contribution in [0.15, 0.2) is 30.5 Å². The van der Waals surface area contributed by atoms with Gasteiger partial charge in [-0.25, -0.2) is 9.78 Å². The fourth-order valence-electron chi connectivity index (χ4n) is 8.00. The summed E-state index contributed by atoms with van der Waals surface area (Å²) in [7, 11) is 1.89. The van der Waals surface area contributed by atoms with Crippen molar-refractivity contribution in [3.63, 3.8) is 0 Å². The fraction of sp³-hybridized carbons (Fsp3) is 0.618. The van der Waals surface area contributed by atoms with E-state index in [1.165, 1.54) is 57.2 Å². The number of carbonyl (C=O) groups is 2. The minimum absolute atomic E-state index is 0.126. The van der Waals surface area contributed by atoms with Gasteiger partial charge in [0.25, 0.3) is 5.91 Å². The van der Waals surface area contributed by atoms with Crippen LogP contribution < -0.4 is 16.0 Å². The second-order valence-corrected chi connectivity index (χ2v) is 13.1. The minimum atomic E-state index is -0.534. The third-order valence-electron chi connectivity index (χ3n) is 10.4. The normalized spacial score (nSPS) is 22.8. The van der Waals surface area contributed by atoms with Gasteiger partial charge in [0.05, 0.1) is 23.6 Å². The average Bonchev–Trinajstić information content (AvgIpc) is 3.58. The van der Waals surface area contributed by atoms with Gasteiger partial charge in [-0.1, -0.05) is 31.9 Å². The maximum Gasteiger partial charge on any atom is 0.320 e. The van der Waals surface area contributed by atoms with Crippen LogP contribution in [-0.2, 0) is 6.42 Å². The highest BCUT2D eigenvalue weighted by Crippen LogP contribution is 2.36. The van der Waals surface area contributed by atoms with E-state index in [4.69, 9.17) is 5.73 Å². The van der Waals surface area contributed by atoms with E-state index in [-0.39, 0.29) is 17.8 Å². The molecule has 3 aliphatic heterocycles. The quantitative estimate of drug-likeness (QED) is 0.433. The molecule has 0 radical (unpaired) electrons. The zero-order valence-corrected chi connectivity index (χ0v) is 26.1. The number of nitrogens with two attached hydrogens (primary N) is 1. The Bertz CT molecular complexity index is 1280. The van der Waals surface area contributed by atoms with Crippen LogP contribution in [-0.4, -0.2) is 90.0 Å². The number of urea groups is 1. The molecule has 1 saturated carbocycles. The van der Waals surface area contributed by atoms with Gasteiger partial charge in [0, 0.05) is 50.5 Å². The van der Waals surface area contributed by atoms with Crippen molar-refractivity contribution in [3.8, 4) is 0 Å². The number of primary amides is 1. The minimum Gasteiger partial charge on any atom is -0.368 e. The molecule has 4 aliphatic rings. The molecule has 3 amide bonds.